The molecule has 1 heterocycles. The van der Waals surface area contributed by atoms with Crippen LogP contribution in [0.1, 0.15) is 13.8 Å². The lowest BCUT2D eigenvalue weighted by Gasteiger charge is -2.28. The van der Waals surface area contributed by atoms with Crippen molar-refractivity contribution in [3.63, 3.8) is 0 Å². The average Bonchev–Trinajstić information content (AvgIpc) is 3.01. The van der Waals surface area contributed by atoms with Crippen molar-refractivity contribution in [2.75, 3.05) is 12.8 Å². The van der Waals surface area contributed by atoms with Gasteiger partial charge in [-0.05, 0) is 13.8 Å². The van der Waals surface area contributed by atoms with Gasteiger partial charge in [-0.3, -0.25) is 9.89 Å². The van der Waals surface area contributed by atoms with E-state index in [4.69, 9.17) is 5.26 Å². The smallest absolute Gasteiger partial charge is 0.234 e. The number of hydrogen-bond donors (Lipinski definition) is 1. The molecule has 1 N–H and O–H groups in total. The highest BCUT2D eigenvalue weighted by Crippen LogP contribution is 2.20. The van der Waals surface area contributed by atoms with Crippen molar-refractivity contribution in [2.45, 2.75) is 24.5 Å². The minimum atomic E-state index is -0.828. The van der Waals surface area contributed by atoms with E-state index in [1.165, 1.54) is 16.7 Å². The van der Waals surface area contributed by atoms with Gasteiger partial charge in [0.25, 0.3) is 0 Å². The fraction of sp³-hybridized carbons (Fsp3) is 0.333. The van der Waals surface area contributed by atoms with Crippen molar-refractivity contribution >= 4 is 17.7 Å². The summed E-state index contributed by atoms with van der Waals surface area (Å²) >= 11 is 1.24. The van der Waals surface area contributed by atoms with Crippen LogP contribution >= 0.6 is 11.8 Å². The second kappa shape index (κ2) is 6.62. The fourth-order valence-electron chi connectivity index (χ4n) is 1.65. The SMILES string of the molecule is CN(C(=O)CSc1n[nH]c(-c2ccccc2)n1)C(C)(C)C#N. The molecular formula is C15H17N5OS. The molecule has 6 nitrogen and oxygen atoms in total. The molecule has 0 aliphatic rings. The Morgan fingerprint density at radius 3 is 2.73 bits per heavy atom. The van der Waals surface area contributed by atoms with E-state index in [2.05, 4.69) is 21.3 Å². The standard InChI is InChI=1S/C15H17N5OS/c1-15(2,10-16)20(3)12(21)9-22-14-17-13(18-19-14)11-7-5-4-6-8-11/h4-8H,9H2,1-3H3,(H,17,18,19). The summed E-state index contributed by atoms with van der Waals surface area (Å²) in [5.74, 6) is 0.720. The Hall–Kier alpha value is -2.33. The number of hydrogen-bond acceptors (Lipinski definition) is 5. The van der Waals surface area contributed by atoms with E-state index in [-0.39, 0.29) is 11.7 Å². The van der Waals surface area contributed by atoms with Crippen LogP contribution in [0.25, 0.3) is 11.4 Å². The van der Waals surface area contributed by atoms with Crippen molar-refractivity contribution < 1.29 is 4.79 Å². The lowest BCUT2D eigenvalue weighted by atomic mass is 10.1. The van der Waals surface area contributed by atoms with Gasteiger partial charge in [-0.1, -0.05) is 42.1 Å². The van der Waals surface area contributed by atoms with E-state index < -0.39 is 5.54 Å². The third-order valence-corrected chi connectivity index (χ3v) is 4.16. The van der Waals surface area contributed by atoms with Gasteiger partial charge in [0.05, 0.1) is 11.8 Å². The zero-order valence-corrected chi connectivity index (χ0v) is 13.5. The number of carbonyl (C=O) groups is 1. The fourth-order valence-corrected chi connectivity index (χ4v) is 2.36. The highest BCUT2D eigenvalue weighted by atomic mass is 32.2. The second-order valence-electron chi connectivity index (χ2n) is 5.24. The number of carbonyl (C=O) groups excluding carboxylic acids is 1. The number of rotatable bonds is 5. The molecule has 0 aliphatic heterocycles. The maximum Gasteiger partial charge on any atom is 0.234 e. The van der Waals surface area contributed by atoms with Crippen LogP contribution < -0.4 is 0 Å². The summed E-state index contributed by atoms with van der Waals surface area (Å²) in [5, 5.41) is 16.5. The molecule has 114 valence electrons. The second-order valence-corrected chi connectivity index (χ2v) is 6.19. The number of nitriles is 1. The average molecular weight is 315 g/mol. The lowest BCUT2D eigenvalue weighted by Crippen LogP contribution is -2.44. The number of amides is 1. The van der Waals surface area contributed by atoms with Crippen LogP contribution in [0.15, 0.2) is 35.5 Å². The van der Waals surface area contributed by atoms with Gasteiger partial charge < -0.3 is 4.90 Å². The van der Waals surface area contributed by atoms with E-state index >= 15 is 0 Å². The van der Waals surface area contributed by atoms with Crippen LogP contribution in [0.5, 0.6) is 0 Å². The zero-order valence-electron chi connectivity index (χ0n) is 12.7. The molecule has 1 aromatic carbocycles. The molecule has 0 bridgehead atoms. The number of H-pyrrole nitrogens is 1. The van der Waals surface area contributed by atoms with Crippen LogP contribution in [0.3, 0.4) is 0 Å². The van der Waals surface area contributed by atoms with Crippen LogP contribution in [-0.4, -0.2) is 44.3 Å². The molecule has 0 fully saturated rings. The number of nitrogens with one attached hydrogen (secondary N) is 1. The molecule has 1 amide bonds. The molecule has 0 aliphatic carbocycles. The van der Waals surface area contributed by atoms with Gasteiger partial charge in [-0.2, -0.15) is 5.26 Å². The van der Waals surface area contributed by atoms with Gasteiger partial charge in [0, 0.05) is 12.6 Å². The van der Waals surface area contributed by atoms with Gasteiger partial charge in [0.2, 0.25) is 11.1 Å². The van der Waals surface area contributed by atoms with Crippen molar-refractivity contribution in [3.8, 4) is 17.5 Å². The first-order valence-electron chi connectivity index (χ1n) is 6.72. The van der Waals surface area contributed by atoms with Crippen molar-refractivity contribution in [3.05, 3.63) is 30.3 Å². The number of aromatic amines is 1. The molecule has 0 atom stereocenters. The number of nitrogens with zero attached hydrogens (tertiary/aromatic N) is 4. The molecule has 0 spiro atoms. The molecule has 0 saturated heterocycles. The number of aromatic nitrogens is 3. The maximum atomic E-state index is 12.1. The highest BCUT2D eigenvalue weighted by molar-refractivity contribution is 7.99. The summed E-state index contributed by atoms with van der Waals surface area (Å²) in [4.78, 5) is 17.9. The molecule has 7 heteroatoms. The van der Waals surface area contributed by atoms with E-state index in [0.29, 0.717) is 11.0 Å². The molecule has 2 rings (SSSR count). The third kappa shape index (κ3) is 3.65. The summed E-state index contributed by atoms with van der Waals surface area (Å²) < 4.78 is 0. The Kier molecular flexibility index (Phi) is 4.83. The minimum Gasteiger partial charge on any atom is -0.327 e. The van der Waals surface area contributed by atoms with E-state index in [1.807, 2.05) is 30.3 Å². The molecule has 1 aromatic heterocycles. The van der Waals surface area contributed by atoms with Gasteiger partial charge >= 0.3 is 0 Å². The Balaban J connectivity index is 1.97. The largest absolute Gasteiger partial charge is 0.327 e. The van der Waals surface area contributed by atoms with Crippen molar-refractivity contribution in [1.82, 2.24) is 20.1 Å². The first-order chi connectivity index (χ1) is 10.4. The number of thioether (sulfide) groups is 1. The monoisotopic (exact) mass is 315 g/mol. The van der Waals surface area contributed by atoms with Crippen LogP contribution in [0, 0.1) is 11.3 Å². The predicted molar refractivity (Wildman–Crippen MR) is 85.0 cm³/mol. The predicted octanol–water partition coefficient (Wildman–Crippen LogP) is 2.32. The molecule has 0 radical (unpaired) electrons. The van der Waals surface area contributed by atoms with Gasteiger partial charge in [0.1, 0.15) is 5.54 Å². The van der Waals surface area contributed by atoms with Crippen LogP contribution in [0.2, 0.25) is 0 Å². The summed E-state index contributed by atoms with van der Waals surface area (Å²) in [6, 6.07) is 11.8. The van der Waals surface area contributed by atoms with E-state index in [9.17, 15) is 4.79 Å². The molecule has 22 heavy (non-hydrogen) atoms. The summed E-state index contributed by atoms with van der Waals surface area (Å²) in [6.07, 6.45) is 0. The Morgan fingerprint density at radius 2 is 2.09 bits per heavy atom. The topological polar surface area (TPSA) is 85.7 Å². The van der Waals surface area contributed by atoms with Crippen molar-refractivity contribution in [1.29, 1.82) is 5.26 Å². The van der Waals surface area contributed by atoms with Gasteiger partial charge in [-0.25, -0.2) is 4.98 Å². The first-order valence-corrected chi connectivity index (χ1v) is 7.71. The van der Waals surface area contributed by atoms with Crippen LogP contribution in [-0.2, 0) is 4.79 Å². The minimum absolute atomic E-state index is 0.136. The highest BCUT2D eigenvalue weighted by Gasteiger charge is 2.27. The molecule has 0 unspecified atom stereocenters. The van der Waals surface area contributed by atoms with Crippen molar-refractivity contribution in [2.24, 2.45) is 0 Å². The lowest BCUT2D eigenvalue weighted by molar-refractivity contribution is -0.130. The Morgan fingerprint density at radius 1 is 1.41 bits per heavy atom. The Labute approximate surface area is 133 Å². The maximum absolute atomic E-state index is 12.1. The number of benzene rings is 1. The summed E-state index contributed by atoms with van der Waals surface area (Å²) in [6.45, 7) is 3.41. The Bertz CT molecular complexity index is 689. The zero-order chi connectivity index (χ0) is 16.2. The molecule has 0 saturated carbocycles. The molecular weight excluding hydrogens is 298 g/mol. The van der Waals surface area contributed by atoms with E-state index in [1.54, 1.807) is 20.9 Å². The quantitative estimate of drug-likeness (QED) is 0.856. The first kappa shape index (κ1) is 16.0. The van der Waals surface area contributed by atoms with Gasteiger partial charge in [0.15, 0.2) is 5.82 Å². The third-order valence-electron chi connectivity index (χ3n) is 3.32. The summed E-state index contributed by atoms with van der Waals surface area (Å²) in [7, 11) is 1.62. The molecule has 2 aromatic rings. The van der Waals surface area contributed by atoms with Gasteiger partial charge in [-0.15, -0.1) is 5.10 Å². The normalized spacial score (nSPS) is 11.0. The van der Waals surface area contributed by atoms with Crippen LogP contribution in [0.4, 0.5) is 0 Å². The van der Waals surface area contributed by atoms with E-state index in [0.717, 1.165) is 5.56 Å². The summed E-state index contributed by atoms with van der Waals surface area (Å²) in [5.41, 5.74) is 0.113.